The first-order valence-corrected chi connectivity index (χ1v) is 7.37. The highest BCUT2D eigenvalue weighted by molar-refractivity contribution is 5.93. The summed E-state index contributed by atoms with van der Waals surface area (Å²) in [7, 11) is 0. The fourth-order valence-electron chi connectivity index (χ4n) is 2.74. The van der Waals surface area contributed by atoms with Crippen molar-refractivity contribution in [3.63, 3.8) is 0 Å². The number of aliphatic hydroxyl groups excluding tert-OH is 1. The second-order valence-electron chi connectivity index (χ2n) is 5.66. The molecule has 1 amide bonds. The third kappa shape index (κ3) is 3.46. The molecule has 0 aromatic carbocycles. The smallest absolute Gasteiger partial charge is 0.253 e. The van der Waals surface area contributed by atoms with E-state index < -0.39 is 0 Å². The summed E-state index contributed by atoms with van der Waals surface area (Å²) in [6, 6.07) is 5.53. The molecule has 0 spiro atoms. The summed E-state index contributed by atoms with van der Waals surface area (Å²) >= 11 is 0. The summed E-state index contributed by atoms with van der Waals surface area (Å²) < 4.78 is 0. The van der Waals surface area contributed by atoms with Crippen LogP contribution < -0.4 is 5.32 Å². The minimum absolute atomic E-state index is 0.00790. The Kier molecular flexibility index (Phi) is 4.39. The first kappa shape index (κ1) is 14.6. The Morgan fingerprint density at radius 3 is 2.64 bits per heavy atom. The lowest BCUT2D eigenvalue weighted by atomic mass is 9.75. The maximum atomic E-state index is 12.3. The van der Waals surface area contributed by atoms with E-state index in [1.165, 1.54) is 12.4 Å². The van der Waals surface area contributed by atoms with E-state index in [9.17, 15) is 9.90 Å². The molecule has 2 aromatic heterocycles. The Morgan fingerprint density at radius 1 is 1.23 bits per heavy atom. The zero-order valence-corrected chi connectivity index (χ0v) is 12.1. The van der Waals surface area contributed by atoms with Crippen molar-refractivity contribution in [2.24, 2.45) is 5.92 Å². The average molecular weight is 298 g/mol. The topological polar surface area (TPSA) is 88.0 Å². The lowest BCUT2D eigenvalue weighted by Crippen LogP contribution is -2.48. The number of hydrogen-bond acceptors (Lipinski definition) is 5. The van der Waals surface area contributed by atoms with Crippen molar-refractivity contribution >= 4 is 5.91 Å². The Hall–Kier alpha value is -2.34. The largest absolute Gasteiger partial charge is 0.393 e. The van der Waals surface area contributed by atoms with Crippen molar-refractivity contribution in [2.75, 3.05) is 0 Å². The van der Waals surface area contributed by atoms with Crippen molar-refractivity contribution in [3.05, 3.63) is 54.1 Å². The normalized spacial score (nSPS) is 21.7. The van der Waals surface area contributed by atoms with Crippen LogP contribution in [0.4, 0.5) is 0 Å². The molecule has 6 nitrogen and oxygen atoms in total. The number of nitrogens with zero attached hydrogens (tertiary/aromatic N) is 3. The predicted octanol–water partition coefficient (Wildman–Crippen LogP) is 0.984. The van der Waals surface area contributed by atoms with Gasteiger partial charge in [0.25, 0.3) is 5.91 Å². The summed E-state index contributed by atoms with van der Waals surface area (Å²) in [5.74, 6) is 0.136. The van der Waals surface area contributed by atoms with Gasteiger partial charge in [-0.3, -0.25) is 9.78 Å². The number of nitrogens with one attached hydrogen (secondary N) is 1. The molecule has 1 aliphatic carbocycles. The van der Waals surface area contributed by atoms with E-state index >= 15 is 0 Å². The van der Waals surface area contributed by atoms with E-state index in [4.69, 9.17) is 0 Å². The molecule has 0 bridgehead atoms. The molecule has 114 valence electrons. The quantitative estimate of drug-likeness (QED) is 0.859. The molecular formula is C16H18N4O2. The van der Waals surface area contributed by atoms with Crippen molar-refractivity contribution in [1.82, 2.24) is 20.5 Å². The van der Waals surface area contributed by atoms with E-state index in [-0.39, 0.29) is 18.1 Å². The maximum absolute atomic E-state index is 12.3. The van der Waals surface area contributed by atoms with Crippen molar-refractivity contribution in [2.45, 2.75) is 31.4 Å². The highest BCUT2D eigenvalue weighted by Crippen LogP contribution is 2.31. The van der Waals surface area contributed by atoms with Crippen LogP contribution in [0.1, 0.15) is 28.8 Å². The van der Waals surface area contributed by atoms with Gasteiger partial charge in [0.05, 0.1) is 24.1 Å². The molecule has 0 radical (unpaired) electrons. The van der Waals surface area contributed by atoms with Gasteiger partial charge in [-0.2, -0.15) is 10.2 Å². The zero-order valence-electron chi connectivity index (χ0n) is 12.1. The summed E-state index contributed by atoms with van der Waals surface area (Å²) in [5, 5.41) is 20.0. The van der Waals surface area contributed by atoms with E-state index in [2.05, 4.69) is 20.5 Å². The number of rotatable bonds is 5. The van der Waals surface area contributed by atoms with Crippen LogP contribution in [0.25, 0.3) is 0 Å². The van der Waals surface area contributed by atoms with Crippen LogP contribution in [-0.2, 0) is 6.42 Å². The highest BCUT2D eigenvalue weighted by atomic mass is 16.3. The molecule has 1 fully saturated rings. The maximum Gasteiger partial charge on any atom is 0.253 e. The molecule has 1 saturated carbocycles. The number of hydrogen-bond donors (Lipinski definition) is 2. The number of aliphatic hydroxyl groups is 1. The van der Waals surface area contributed by atoms with Gasteiger partial charge in [0, 0.05) is 18.4 Å². The summed E-state index contributed by atoms with van der Waals surface area (Å²) in [5.41, 5.74) is 1.61. The van der Waals surface area contributed by atoms with Crippen LogP contribution >= 0.6 is 0 Å². The Labute approximate surface area is 128 Å². The van der Waals surface area contributed by atoms with Gasteiger partial charge in [-0.25, -0.2) is 0 Å². The average Bonchev–Trinajstić information content (AvgIpc) is 2.53. The van der Waals surface area contributed by atoms with Gasteiger partial charge in [-0.15, -0.1) is 0 Å². The van der Waals surface area contributed by atoms with E-state index in [1.54, 1.807) is 18.5 Å². The van der Waals surface area contributed by atoms with Crippen LogP contribution in [0.15, 0.2) is 43.0 Å². The standard InChI is InChI=1S/C16H18N4O2/c21-14-8-13(9-14)15(7-11-1-4-17-5-2-11)20-16(22)12-3-6-18-19-10-12/h1-6,10,13-15,21H,7-9H2,(H,20,22)/t13?,14?,15-/m0/s1. The lowest BCUT2D eigenvalue weighted by molar-refractivity contribution is 0.0239. The van der Waals surface area contributed by atoms with Crippen LogP contribution in [0.3, 0.4) is 0 Å². The van der Waals surface area contributed by atoms with E-state index in [0.717, 1.165) is 24.8 Å². The van der Waals surface area contributed by atoms with Crippen LogP contribution in [0.2, 0.25) is 0 Å². The molecule has 3 rings (SSSR count). The monoisotopic (exact) mass is 298 g/mol. The molecular weight excluding hydrogens is 280 g/mol. The molecule has 0 unspecified atom stereocenters. The van der Waals surface area contributed by atoms with Gasteiger partial charge in [0.15, 0.2) is 0 Å². The fourth-order valence-corrected chi connectivity index (χ4v) is 2.74. The molecule has 1 atom stereocenters. The van der Waals surface area contributed by atoms with Crippen molar-refractivity contribution in [1.29, 1.82) is 0 Å². The summed E-state index contributed by atoms with van der Waals surface area (Å²) in [6.45, 7) is 0. The Balaban J connectivity index is 1.70. The highest BCUT2D eigenvalue weighted by Gasteiger charge is 2.34. The number of carbonyl (C=O) groups is 1. The lowest BCUT2D eigenvalue weighted by Gasteiger charge is -2.38. The number of amides is 1. The second-order valence-corrected chi connectivity index (χ2v) is 5.66. The Bertz CT molecular complexity index is 615. The molecule has 6 heteroatoms. The van der Waals surface area contributed by atoms with Crippen LogP contribution in [0, 0.1) is 5.92 Å². The van der Waals surface area contributed by atoms with Gasteiger partial charge >= 0.3 is 0 Å². The van der Waals surface area contributed by atoms with Crippen molar-refractivity contribution in [3.8, 4) is 0 Å². The molecule has 0 saturated heterocycles. The first-order valence-electron chi connectivity index (χ1n) is 7.37. The minimum atomic E-state index is -0.246. The van der Waals surface area contributed by atoms with Crippen molar-refractivity contribution < 1.29 is 9.90 Å². The number of carbonyl (C=O) groups excluding carboxylic acids is 1. The summed E-state index contributed by atoms with van der Waals surface area (Å²) in [6.07, 6.45) is 8.38. The van der Waals surface area contributed by atoms with Gasteiger partial charge < -0.3 is 10.4 Å². The molecule has 2 N–H and O–H groups in total. The van der Waals surface area contributed by atoms with Gasteiger partial charge in [-0.1, -0.05) is 0 Å². The van der Waals surface area contributed by atoms with E-state index in [1.807, 2.05) is 12.1 Å². The zero-order chi connectivity index (χ0) is 15.4. The Morgan fingerprint density at radius 2 is 2.00 bits per heavy atom. The fraction of sp³-hybridized carbons (Fsp3) is 0.375. The van der Waals surface area contributed by atoms with Gasteiger partial charge in [-0.05, 0) is 48.9 Å². The third-order valence-electron chi connectivity index (χ3n) is 4.09. The summed E-state index contributed by atoms with van der Waals surface area (Å²) in [4.78, 5) is 16.3. The van der Waals surface area contributed by atoms with E-state index in [0.29, 0.717) is 11.5 Å². The third-order valence-corrected chi connectivity index (χ3v) is 4.09. The first-order chi connectivity index (χ1) is 10.7. The van der Waals surface area contributed by atoms with Crippen LogP contribution in [0.5, 0.6) is 0 Å². The van der Waals surface area contributed by atoms with Gasteiger partial charge in [0.2, 0.25) is 0 Å². The minimum Gasteiger partial charge on any atom is -0.393 e. The molecule has 1 aliphatic rings. The number of aromatic nitrogens is 3. The molecule has 0 aliphatic heterocycles. The van der Waals surface area contributed by atoms with Crippen LogP contribution in [-0.4, -0.2) is 38.3 Å². The molecule has 2 aromatic rings. The number of pyridine rings is 1. The molecule has 2 heterocycles. The molecule has 22 heavy (non-hydrogen) atoms. The van der Waals surface area contributed by atoms with Gasteiger partial charge in [0.1, 0.15) is 0 Å². The second kappa shape index (κ2) is 6.62. The predicted molar refractivity (Wildman–Crippen MR) is 80.0 cm³/mol. The SMILES string of the molecule is O=C(N[C@@H](Cc1ccncc1)C1CC(O)C1)c1ccnnc1.